The van der Waals surface area contributed by atoms with Gasteiger partial charge < -0.3 is 5.32 Å². The summed E-state index contributed by atoms with van der Waals surface area (Å²) in [6.45, 7) is 1.68. The Balaban J connectivity index is 2.14. The molecule has 0 radical (unpaired) electrons. The van der Waals surface area contributed by atoms with E-state index in [1.54, 1.807) is 35.6 Å². The number of halogens is 1. The summed E-state index contributed by atoms with van der Waals surface area (Å²) >= 11 is 0. The van der Waals surface area contributed by atoms with E-state index >= 15 is 0 Å². The molecule has 0 amide bonds. The monoisotopic (exact) mass is 221 g/mol. The first-order chi connectivity index (χ1) is 7.75. The van der Waals surface area contributed by atoms with Crippen molar-refractivity contribution < 1.29 is 4.39 Å². The van der Waals surface area contributed by atoms with Crippen LogP contribution in [0.1, 0.15) is 6.92 Å². The van der Waals surface area contributed by atoms with Gasteiger partial charge in [-0.15, -0.1) is 0 Å². The molecule has 16 heavy (non-hydrogen) atoms. The van der Waals surface area contributed by atoms with Gasteiger partial charge in [0.25, 0.3) is 0 Å². The van der Waals surface area contributed by atoms with E-state index in [9.17, 15) is 4.39 Å². The molecule has 0 saturated heterocycles. The second kappa shape index (κ2) is 4.69. The Labute approximate surface area is 92.4 Å². The highest BCUT2D eigenvalue weighted by molar-refractivity contribution is 5.31. The zero-order valence-electron chi connectivity index (χ0n) is 8.84. The lowest BCUT2D eigenvalue weighted by Gasteiger charge is -2.06. The Hall–Kier alpha value is -1.98. The Morgan fingerprint density at radius 2 is 2.38 bits per heavy atom. The van der Waals surface area contributed by atoms with Gasteiger partial charge in [0.1, 0.15) is 18.3 Å². The van der Waals surface area contributed by atoms with Crippen LogP contribution in [0.5, 0.6) is 0 Å². The fraction of sp³-hybridized carbons (Fsp3) is 0.300. The van der Waals surface area contributed by atoms with E-state index in [-0.39, 0.29) is 6.54 Å². The van der Waals surface area contributed by atoms with Crippen molar-refractivity contribution >= 4 is 5.95 Å². The van der Waals surface area contributed by atoms with Crippen molar-refractivity contribution in [1.29, 1.82) is 0 Å². The van der Waals surface area contributed by atoms with Crippen LogP contribution in [0.25, 0.3) is 5.82 Å². The van der Waals surface area contributed by atoms with E-state index < -0.39 is 6.17 Å². The van der Waals surface area contributed by atoms with Crippen LogP contribution in [0.15, 0.2) is 31.0 Å². The minimum Gasteiger partial charge on any atom is -0.351 e. The van der Waals surface area contributed by atoms with Gasteiger partial charge in [-0.1, -0.05) is 0 Å². The van der Waals surface area contributed by atoms with Gasteiger partial charge in [-0.3, -0.25) is 4.57 Å². The van der Waals surface area contributed by atoms with Crippen LogP contribution in [-0.4, -0.2) is 32.2 Å². The van der Waals surface area contributed by atoms with Crippen LogP contribution >= 0.6 is 0 Å². The lowest BCUT2D eigenvalue weighted by Crippen LogP contribution is -2.14. The van der Waals surface area contributed by atoms with Gasteiger partial charge in [0.2, 0.25) is 5.95 Å². The van der Waals surface area contributed by atoms with E-state index in [2.05, 4.69) is 20.3 Å². The predicted molar refractivity (Wildman–Crippen MR) is 58.2 cm³/mol. The third kappa shape index (κ3) is 2.53. The SMILES string of the molecule is CC(F)CNc1nccc(-n2ccnc2)n1. The fourth-order valence-electron chi connectivity index (χ4n) is 1.20. The number of aromatic nitrogens is 4. The van der Waals surface area contributed by atoms with Crippen LogP contribution < -0.4 is 5.32 Å². The van der Waals surface area contributed by atoms with Crippen molar-refractivity contribution in [1.82, 2.24) is 19.5 Å². The molecule has 6 heteroatoms. The molecule has 0 spiro atoms. The van der Waals surface area contributed by atoms with Crippen molar-refractivity contribution in [2.75, 3.05) is 11.9 Å². The zero-order chi connectivity index (χ0) is 11.4. The van der Waals surface area contributed by atoms with Gasteiger partial charge in [0, 0.05) is 25.1 Å². The van der Waals surface area contributed by atoms with Crippen LogP contribution in [0, 0.1) is 0 Å². The molecular formula is C10H12FN5. The minimum absolute atomic E-state index is 0.202. The number of hydrogen-bond acceptors (Lipinski definition) is 4. The molecule has 0 aliphatic carbocycles. The Kier molecular flexibility index (Phi) is 3.09. The second-order valence-electron chi connectivity index (χ2n) is 3.37. The summed E-state index contributed by atoms with van der Waals surface area (Å²) in [4.78, 5) is 12.1. The summed E-state index contributed by atoms with van der Waals surface area (Å²) in [5.41, 5.74) is 0. The minimum atomic E-state index is -0.930. The molecule has 0 aromatic carbocycles. The molecule has 2 heterocycles. The van der Waals surface area contributed by atoms with Crippen LogP contribution in [0.4, 0.5) is 10.3 Å². The maximum Gasteiger partial charge on any atom is 0.224 e. The summed E-state index contributed by atoms with van der Waals surface area (Å²) in [6.07, 6.45) is 5.78. The molecule has 2 aromatic rings. The van der Waals surface area contributed by atoms with Crippen LogP contribution in [-0.2, 0) is 0 Å². The number of nitrogens with one attached hydrogen (secondary N) is 1. The van der Waals surface area contributed by atoms with E-state index in [0.29, 0.717) is 11.8 Å². The average molecular weight is 221 g/mol. The highest BCUT2D eigenvalue weighted by atomic mass is 19.1. The third-order valence-electron chi connectivity index (χ3n) is 1.95. The first-order valence-electron chi connectivity index (χ1n) is 4.95. The van der Waals surface area contributed by atoms with E-state index in [4.69, 9.17) is 0 Å². The van der Waals surface area contributed by atoms with E-state index in [1.807, 2.05) is 0 Å². The highest BCUT2D eigenvalue weighted by Gasteiger charge is 2.02. The molecule has 0 aliphatic rings. The maximum atomic E-state index is 12.6. The first kappa shape index (κ1) is 10.5. The molecule has 5 nitrogen and oxygen atoms in total. The summed E-state index contributed by atoms with van der Waals surface area (Å²) < 4.78 is 14.4. The van der Waals surface area contributed by atoms with Gasteiger partial charge in [-0.25, -0.2) is 14.4 Å². The van der Waals surface area contributed by atoms with Gasteiger partial charge >= 0.3 is 0 Å². The van der Waals surface area contributed by atoms with Gasteiger partial charge in [0.05, 0.1) is 0 Å². The normalized spacial score (nSPS) is 12.4. The number of anilines is 1. The van der Waals surface area contributed by atoms with Crippen molar-refractivity contribution in [2.45, 2.75) is 13.1 Å². The lowest BCUT2D eigenvalue weighted by molar-refractivity contribution is 0.378. The number of hydrogen-bond donors (Lipinski definition) is 1. The number of nitrogens with zero attached hydrogens (tertiary/aromatic N) is 4. The van der Waals surface area contributed by atoms with E-state index in [1.165, 1.54) is 6.92 Å². The molecular weight excluding hydrogens is 209 g/mol. The first-order valence-corrected chi connectivity index (χ1v) is 4.95. The number of imidazole rings is 1. The predicted octanol–water partition coefficient (Wildman–Crippen LogP) is 1.43. The quantitative estimate of drug-likeness (QED) is 0.848. The Morgan fingerprint density at radius 1 is 1.50 bits per heavy atom. The average Bonchev–Trinajstić information content (AvgIpc) is 2.80. The molecule has 0 saturated carbocycles. The number of alkyl halides is 1. The standard InChI is InChI=1S/C10H12FN5/c1-8(11)6-14-10-13-3-2-9(15-10)16-5-4-12-7-16/h2-5,7-8H,6H2,1H3,(H,13,14,15). The molecule has 1 atom stereocenters. The number of rotatable bonds is 4. The van der Waals surface area contributed by atoms with Gasteiger partial charge in [0.15, 0.2) is 0 Å². The Bertz CT molecular complexity index is 440. The van der Waals surface area contributed by atoms with Gasteiger partial charge in [-0.05, 0) is 13.0 Å². The second-order valence-corrected chi connectivity index (χ2v) is 3.37. The smallest absolute Gasteiger partial charge is 0.224 e. The summed E-state index contributed by atoms with van der Waals surface area (Å²) in [5.74, 6) is 1.11. The Morgan fingerprint density at radius 3 is 3.06 bits per heavy atom. The molecule has 84 valence electrons. The highest BCUT2D eigenvalue weighted by Crippen LogP contribution is 2.05. The molecule has 0 aliphatic heterocycles. The molecule has 2 aromatic heterocycles. The van der Waals surface area contributed by atoms with Gasteiger partial charge in [-0.2, -0.15) is 4.98 Å². The van der Waals surface area contributed by atoms with E-state index in [0.717, 1.165) is 0 Å². The molecule has 0 fully saturated rings. The van der Waals surface area contributed by atoms with Crippen molar-refractivity contribution in [3.63, 3.8) is 0 Å². The molecule has 1 N–H and O–H groups in total. The van der Waals surface area contributed by atoms with Crippen molar-refractivity contribution in [2.24, 2.45) is 0 Å². The maximum absolute atomic E-state index is 12.6. The van der Waals surface area contributed by atoms with Crippen LogP contribution in [0.2, 0.25) is 0 Å². The summed E-state index contributed by atoms with van der Waals surface area (Å²) in [5, 5.41) is 2.82. The van der Waals surface area contributed by atoms with Crippen LogP contribution in [0.3, 0.4) is 0 Å². The largest absolute Gasteiger partial charge is 0.351 e. The topological polar surface area (TPSA) is 55.6 Å². The molecule has 0 bridgehead atoms. The molecule has 1 unspecified atom stereocenters. The lowest BCUT2D eigenvalue weighted by atomic mass is 10.4. The summed E-state index contributed by atoms with van der Waals surface area (Å²) in [6, 6.07) is 1.76. The van der Waals surface area contributed by atoms with Crippen molar-refractivity contribution in [3.05, 3.63) is 31.0 Å². The molecule has 2 rings (SSSR count). The third-order valence-corrected chi connectivity index (χ3v) is 1.95. The van der Waals surface area contributed by atoms with Crippen molar-refractivity contribution in [3.8, 4) is 5.82 Å². The zero-order valence-corrected chi connectivity index (χ0v) is 8.84. The summed E-state index contributed by atoms with van der Waals surface area (Å²) in [7, 11) is 0. The fourth-order valence-corrected chi connectivity index (χ4v) is 1.20.